The van der Waals surface area contributed by atoms with Crippen LogP contribution >= 0.6 is 0 Å². The molecule has 4 nitrogen and oxygen atoms in total. The van der Waals surface area contributed by atoms with Gasteiger partial charge in [0, 0.05) is 19.4 Å². The highest BCUT2D eigenvalue weighted by atomic mass is 19.1. The minimum absolute atomic E-state index is 0.126. The predicted octanol–water partition coefficient (Wildman–Crippen LogP) is 4.33. The first kappa shape index (κ1) is 17.9. The van der Waals surface area contributed by atoms with Crippen molar-refractivity contribution in [2.45, 2.75) is 56.8 Å². The van der Waals surface area contributed by atoms with E-state index in [2.05, 4.69) is 4.99 Å². The van der Waals surface area contributed by atoms with Crippen LogP contribution in [0.1, 0.15) is 50.0 Å². The Bertz CT molecular complexity index is 628. The first-order valence-corrected chi connectivity index (χ1v) is 9.84. The van der Waals surface area contributed by atoms with Crippen molar-refractivity contribution in [3.63, 3.8) is 0 Å². The van der Waals surface area contributed by atoms with Crippen LogP contribution in [-0.4, -0.2) is 38.9 Å². The molecule has 1 aromatic carbocycles. The summed E-state index contributed by atoms with van der Waals surface area (Å²) in [4.78, 5) is 4.26. The van der Waals surface area contributed by atoms with E-state index >= 15 is 0 Å². The van der Waals surface area contributed by atoms with Crippen molar-refractivity contribution in [3.05, 3.63) is 29.6 Å². The van der Waals surface area contributed by atoms with Gasteiger partial charge in [-0.15, -0.1) is 0 Å². The van der Waals surface area contributed by atoms with Gasteiger partial charge in [0.25, 0.3) is 0 Å². The summed E-state index contributed by atoms with van der Waals surface area (Å²) in [6.45, 7) is 0.761. The van der Waals surface area contributed by atoms with E-state index in [0.29, 0.717) is 30.1 Å². The van der Waals surface area contributed by atoms with Crippen molar-refractivity contribution in [2.24, 2.45) is 16.8 Å². The molecule has 2 atom stereocenters. The minimum atomic E-state index is -0.351. The molecule has 0 saturated heterocycles. The Kier molecular flexibility index (Phi) is 5.55. The topological polar surface area (TPSA) is 40.0 Å². The Morgan fingerprint density at radius 3 is 2.50 bits per heavy atom. The van der Waals surface area contributed by atoms with E-state index in [1.165, 1.54) is 44.6 Å². The first-order valence-electron chi connectivity index (χ1n) is 9.84. The van der Waals surface area contributed by atoms with Crippen molar-refractivity contribution >= 4 is 6.21 Å². The highest BCUT2D eigenvalue weighted by Crippen LogP contribution is 2.50. The number of hydrogen-bond donors (Lipinski definition) is 0. The standard InChI is InChI=1S/C21H28FNO3/c1-24-12-17-11-23-20(26-17)13-25-16-8-9-18(19(22)10-16)21-14-4-2-5-15(21)7-3-6-14/h8-11,14-15,17,20-21H,2-7,12-13H2,1H3/t14?,15?,17?,20-,21?/m0/s1. The van der Waals surface area contributed by atoms with Crippen LogP contribution in [0.15, 0.2) is 23.2 Å². The van der Waals surface area contributed by atoms with Gasteiger partial charge in [-0.25, -0.2) is 4.39 Å². The van der Waals surface area contributed by atoms with E-state index in [0.717, 1.165) is 5.56 Å². The average Bonchev–Trinajstić information content (AvgIpc) is 3.07. The van der Waals surface area contributed by atoms with Crippen molar-refractivity contribution in [3.8, 4) is 5.75 Å². The summed E-state index contributed by atoms with van der Waals surface area (Å²) in [5.74, 6) is 2.12. The van der Waals surface area contributed by atoms with Crippen LogP contribution in [0.2, 0.25) is 0 Å². The molecule has 26 heavy (non-hydrogen) atoms. The van der Waals surface area contributed by atoms with Gasteiger partial charge in [-0.05, 0) is 55.1 Å². The lowest BCUT2D eigenvalue weighted by Gasteiger charge is -2.43. The Hall–Kier alpha value is -1.46. The summed E-state index contributed by atoms with van der Waals surface area (Å²) in [6.07, 6.45) is 8.87. The zero-order chi connectivity index (χ0) is 17.9. The maximum absolute atomic E-state index is 14.8. The molecule has 3 aliphatic rings. The molecule has 0 spiro atoms. The quantitative estimate of drug-likeness (QED) is 0.757. The highest BCUT2D eigenvalue weighted by Gasteiger charge is 2.38. The molecule has 142 valence electrons. The summed E-state index contributed by atoms with van der Waals surface area (Å²) < 4.78 is 31.3. The van der Waals surface area contributed by atoms with Gasteiger partial charge in [0.05, 0.1) is 6.61 Å². The van der Waals surface area contributed by atoms with Gasteiger partial charge in [-0.1, -0.05) is 18.9 Å². The molecule has 1 aliphatic heterocycles. The lowest BCUT2D eigenvalue weighted by Crippen LogP contribution is -2.31. The molecule has 0 N–H and O–H groups in total. The Balaban J connectivity index is 1.38. The molecule has 2 saturated carbocycles. The molecule has 0 aromatic heterocycles. The maximum atomic E-state index is 14.8. The van der Waals surface area contributed by atoms with E-state index in [1.54, 1.807) is 13.3 Å². The van der Waals surface area contributed by atoms with Gasteiger partial charge < -0.3 is 14.2 Å². The first-order chi connectivity index (χ1) is 12.7. The molecule has 1 heterocycles. The average molecular weight is 361 g/mol. The van der Waals surface area contributed by atoms with Gasteiger partial charge in [0.15, 0.2) is 6.23 Å². The third-order valence-electron chi connectivity index (χ3n) is 6.12. The smallest absolute Gasteiger partial charge is 0.182 e. The Morgan fingerprint density at radius 2 is 1.85 bits per heavy atom. The zero-order valence-electron chi connectivity index (χ0n) is 15.4. The van der Waals surface area contributed by atoms with E-state index in [9.17, 15) is 4.39 Å². The third-order valence-corrected chi connectivity index (χ3v) is 6.12. The Labute approximate surface area is 154 Å². The number of halogens is 1. The number of aliphatic imine (C=N–C) groups is 1. The fourth-order valence-electron chi connectivity index (χ4n) is 5.01. The molecule has 0 amide bonds. The predicted molar refractivity (Wildman–Crippen MR) is 98.3 cm³/mol. The number of hydrogen-bond acceptors (Lipinski definition) is 4. The number of rotatable bonds is 6. The van der Waals surface area contributed by atoms with Crippen LogP contribution in [0.3, 0.4) is 0 Å². The van der Waals surface area contributed by atoms with Crippen LogP contribution in [0.25, 0.3) is 0 Å². The maximum Gasteiger partial charge on any atom is 0.182 e. The fourth-order valence-corrected chi connectivity index (χ4v) is 5.01. The van der Waals surface area contributed by atoms with Crippen LogP contribution in [0.5, 0.6) is 5.75 Å². The normalized spacial score (nSPS) is 33.4. The second-order valence-corrected chi connectivity index (χ2v) is 7.78. The van der Waals surface area contributed by atoms with Crippen LogP contribution in [-0.2, 0) is 9.47 Å². The van der Waals surface area contributed by atoms with Crippen LogP contribution in [0, 0.1) is 17.7 Å². The molecule has 5 heteroatoms. The molecule has 2 fully saturated rings. The number of nitrogens with zero attached hydrogens (tertiary/aromatic N) is 1. The van der Waals surface area contributed by atoms with E-state index < -0.39 is 0 Å². The molecule has 0 radical (unpaired) electrons. The largest absolute Gasteiger partial charge is 0.489 e. The number of fused-ring (bicyclic) bond motifs is 2. The van der Waals surface area contributed by atoms with Crippen molar-refractivity contribution < 1.29 is 18.6 Å². The molecule has 2 bridgehead atoms. The highest BCUT2D eigenvalue weighted by molar-refractivity contribution is 5.65. The minimum Gasteiger partial charge on any atom is -0.489 e. The summed E-state index contributed by atoms with van der Waals surface area (Å²) in [5, 5.41) is 0. The van der Waals surface area contributed by atoms with E-state index in [1.807, 2.05) is 12.1 Å². The second-order valence-electron chi connectivity index (χ2n) is 7.78. The van der Waals surface area contributed by atoms with E-state index in [-0.39, 0.29) is 24.8 Å². The summed E-state index contributed by atoms with van der Waals surface area (Å²) in [7, 11) is 1.63. The van der Waals surface area contributed by atoms with Gasteiger partial charge >= 0.3 is 0 Å². The second kappa shape index (κ2) is 8.05. The molecule has 1 aromatic rings. The monoisotopic (exact) mass is 361 g/mol. The summed E-state index contributed by atoms with van der Waals surface area (Å²) in [6, 6.07) is 5.37. The molecular weight excluding hydrogens is 333 g/mol. The number of ether oxygens (including phenoxy) is 3. The lowest BCUT2D eigenvalue weighted by atomic mass is 9.62. The zero-order valence-corrected chi connectivity index (χ0v) is 15.4. The molecule has 4 rings (SSSR count). The van der Waals surface area contributed by atoms with Crippen molar-refractivity contribution in [1.29, 1.82) is 0 Å². The number of benzene rings is 1. The van der Waals surface area contributed by atoms with Gasteiger partial charge in [0.2, 0.25) is 0 Å². The summed E-state index contributed by atoms with van der Waals surface area (Å²) >= 11 is 0. The Morgan fingerprint density at radius 1 is 1.12 bits per heavy atom. The van der Waals surface area contributed by atoms with Crippen LogP contribution < -0.4 is 4.74 Å². The lowest BCUT2D eigenvalue weighted by molar-refractivity contribution is -0.0104. The molecular formula is C21H28FNO3. The fraction of sp³-hybridized carbons (Fsp3) is 0.667. The van der Waals surface area contributed by atoms with Gasteiger partial charge in [0.1, 0.15) is 24.3 Å². The van der Waals surface area contributed by atoms with Gasteiger partial charge in [-0.2, -0.15) is 0 Å². The molecule has 2 aliphatic carbocycles. The third kappa shape index (κ3) is 3.79. The molecule has 1 unspecified atom stereocenters. The van der Waals surface area contributed by atoms with Gasteiger partial charge in [-0.3, -0.25) is 4.99 Å². The SMILES string of the molecule is COCC1C=N[C@H](COc2ccc(C3C4CCCC3CCC4)c(F)c2)O1. The number of methoxy groups -OCH3 is 1. The van der Waals surface area contributed by atoms with Crippen LogP contribution in [0.4, 0.5) is 4.39 Å². The van der Waals surface area contributed by atoms with Crippen molar-refractivity contribution in [1.82, 2.24) is 0 Å². The summed E-state index contributed by atoms with van der Waals surface area (Å²) in [5.41, 5.74) is 0.891. The van der Waals surface area contributed by atoms with E-state index in [4.69, 9.17) is 14.2 Å². The van der Waals surface area contributed by atoms with Crippen molar-refractivity contribution in [2.75, 3.05) is 20.3 Å².